The maximum Gasteiger partial charge on any atom is 0.336 e. The van der Waals surface area contributed by atoms with Gasteiger partial charge in [-0.3, -0.25) is 4.79 Å². The van der Waals surface area contributed by atoms with Crippen molar-refractivity contribution >= 4 is 23.1 Å². The quantitative estimate of drug-likeness (QED) is 0.728. The summed E-state index contributed by atoms with van der Waals surface area (Å²) in [6.45, 7) is 3.91. The van der Waals surface area contributed by atoms with Crippen molar-refractivity contribution in [1.82, 2.24) is 5.32 Å². The second kappa shape index (κ2) is 8.11. The molecule has 1 aliphatic heterocycles. The minimum absolute atomic E-state index is 0.0667. The van der Waals surface area contributed by atoms with Gasteiger partial charge in [0.25, 0.3) is 0 Å². The Hall–Kier alpha value is -2.86. The molecule has 30 heavy (non-hydrogen) atoms. The predicted octanol–water partition coefficient (Wildman–Crippen LogP) is 4.60. The molecule has 0 unspecified atom stereocenters. The third kappa shape index (κ3) is 3.56. The summed E-state index contributed by atoms with van der Waals surface area (Å²) in [6, 6.07) is 11.9. The number of carbonyl (C=O) groups excluding carboxylic acids is 2. The molecule has 0 spiro atoms. The summed E-state index contributed by atoms with van der Waals surface area (Å²) in [4.78, 5) is 28.2. The van der Waals surface area contributed by atoms with Crippen LogP contribution in [0, 0.1) is 6.92 Å². The van der Waals surface area contributed by atoms with Crippen molar-refractivity contribution in [2.45, 2.75) is 38.5 Å². The topological polar surface area (TPSA) is 64.6 Å². The number of nitrogens with one attached hydrogen (secondary N) is 1. The lowest BCUT2D eigenvalue weighted by atomic mass is 9.73. The fourth-order valence-corrected chi connectivity index (χ4v) is 5.44. The Kier molecular flexibility index (Phi) is 5.52. The molecular weight excluding hydrogens is 398 g/mol. The van der Waals surface area contributed by atoms with Crippen molar-refractivity contribution in [2.24, 2.45) is 0 Å². The van der Waals surface area contributed by atoms with Gasteiger partial charge >= 0.3 is 5.97 Å². The average molecular weight is 424 g/mol. The Balaban J connectivity index is 1.78. The normalized spacial score (nSPS) is 21.3. The molecule has 2 heterocycles. The lowest BCUT2D eigenvalue weighted by Gasteiger charge is -2.36. The van der Waals surface area contributed by atoms with Crippen LogP contribution in [0.1, 0.15) is 46.9 Å². The SMILES string of the molecule is COC(=O)C1=C(C)NC2=C(C(=O)C[C@H](c3cccc(OC)c3)C2)[C@@H]1c1ccc(C)s1. The van der Waals surface area contributed by atoms with E-state index in [0.29, 0.717) is 24.0 Å². The number of methoxy groups -OCH3 is 2. The van der Waals surface area contributed by atoms with Crippen molar-refractivity contribution in [2.75, 3.05) is 14.2 Å². The summed E-state index contributed by atoms with van der Waals surface area (Å²) >= 11 is 1.62. The van der Waals surface area contributed by atoms with Crippen LogP contribution in [0.25, 0.3) is 0 Å². The fourth-order valence-electron chi connectivity index (χ4n) is 4.44. The second-order valence-electron chi connectivity index (χ2n) is 7.73. The monoisotopic (exact) mass is 423 g/mol. The van der Waals surface area contributed by atoms with Gasteiger partial charge in [-0.1, -0.05) is 12.1 Å². The van der Waals surface area contributed by atoms with E-state index in [2.05, 4.69) is 5.32 Å². The maximum absolute atomic E-state index is 13.4. The number of hydrogen-bond acceptors (Lipinski definition) is 6. The van der Waals surface area contributed by atoms with Gasteiger partial charge in [0.2, 0.25) is 0 Å². The number of aryl methyl sites for hydroxylation is 1. The summed E-state index contributed by atoms with van der Waals surface area (Å²) in [6.07, 6.45) is 1.11. The van der Waals surface area contributed by atoms with Crippen LogP contribution in [0.2, 0.25) is 0 Å². The molecule has 156 valence electrons. The molecule has 1 aromatic heterocycles. The molecule has 2 aromatic rings. The average Bonchev–Trinajstić information content (AvgIpc) is 3.18. The molecule has 0 radical (unpaired) electrons. The van der Waals surface area contributed by atoms with E-state index in [1.807, 2.05) is 50.2 Å². The molecule has 5 nitrogen and oxygen atoms in total. The van der Waals surface area contributed by atoms with E-state index < -0.39 is 5.97 Å². The molecule has 6 heteroatoms. The number of dihydropyridines is 1. The van der Waals surface area contributed by atoms with Crippen LogP contribution < -0.4 is 10.1 Å². The van der Waals surface area contributed by atoms with Crippen molar-refractivity contribution in [3.63, 3.8) is 0 Å². The van der Waals surface area contributed by atoms with E-state index in [9.17, 15) is 9.59 Å². The largest absolute Gasteiger partial charge is 0.497 e. The molecule has 1 aliphatic carbocycles. The molecule has 2 aliphatic rings. The third-order valence-electron chi connectivity index (χ3n) is 5.84. The predicted molar refractivity (Wildman–Crippen MR) is 117 cm³/mol. The summed E-state index contributed by atoms with van der Waals surface area (Å²) in [5.41, 5.74) is 3.95. The Morgan fingerprint density at radius 2 is 1.93 bits per heavy atom. The van der Waals surface area contributed by atoms with E-state index in [1.165, 1.54) is 7.11 Å². The Bertz CT molecular complexity index is 1080. The van der Waals surface area contributed by atoms with E-state index >= 15 is 0 Å². The van der Waals surface area contributed by atoms with E-state index in [4.69, 9.17) is 9.47 Å². The summed E-state index contributed by atoms with van der Waals surface area (Å²) in [5, 5.41) is 3.36. The van der Waals surface area contributed by atoms with Gasteiger partial charge in [-0.05, 0) is 56.0 Å². The van der Waals surface area contributed by atoms with Gasteiger partial charge in [-0.25, -0.2) is 4.79 Å². The minimum atomic E-state index is -0.398. The van der Waals surface area contributed by atoms with Crippen molar-refractivity contribution in [1.29, 1.82) is 0 Å². The van der Waals surface area contributed by atoms with Gasteiger partial charge in [0.05, 0.1) is 25.7 Å². The molecule has 0 fully saturated rings. The zero-order chi connectivity index (χ0) is 21.4. The van der Waals surface area contributed by atoms with Crippen LogP contribution in [0.4, 0.5) is 0 Å². The number of allylic oxidation sites excluding steroid dienone is 3. The number of carbonyl (C=O) groups is 2. The molecule has 2 atom stereocenters. The first kappa shape index (κ1) is 20.4. The van der Waals surface area contributed by atoms with Crippen LogP contribution in [0.15, 0.2) is 58.9 Å². The molecule has 1 N–H and O–H groups in total. The van der Waals surface area contributed by atoms with Crippen molar-refractivity contribution < 1.29 is 19.1 Å². The lowest BCUT2D eigenvalue weighted by molar-refractivity contribution is -0.136. The van der Waals surface area contributed by atoms with Gasteiger partial charge < -0.3 is 14.8 Å². The smallest absolute Gasteiger partial charge is 0.336 e. The molecule has 0 amide bonds. The van der Waals surface area contributed by atoms with Gasteiger partial charge in [0.15, 0.2) is 5.78 Å². The molecule has 0 bridgehead atoms. The number of esters is 1. The van der Waals surface area contributed by atoms with E-state index in [-0.39, 0.29) is 17.6 Å². The molecule has 0 saturated heterocycles. The van der Waals surface area contributed by atoms with Crippen molar-refractivity contribution in [3.05, 3.63) is 74.3 Å². The maximum atomic E-state index is 13.4. The Labute approximate surface area is 180 Å². The Morgan fingerprint density at radius 3 is 2.60 bits per heavy atom. The zero-order valence-electron chi connectivity index (χ0n) is 17.6. The highest BCUT2D eigenvalue weighted by Crippen LogP contribution is 2.47. The van der Waals surface area contributed by atoms with Crippen LogP contribution >= 0.6 is 11.3 Å². The summed E-state index contributed by atoms with van der Waals surface area (Å²) in [5.74, 6) is 0.141. The van der Waals surface area contributed by atoms with Gasteiger partial charge in [-0.2, -0.15) is 0 Å². The number of ether oxygens (including phenoxy) is 2. The van der Waals surface area contributed by atoms with E-state index in [0.717, 1.165) is 32.5 Å². The lowest BCUT2D eigenvalue weighted by Crippen LogP contribution is -2.35. The number of benzene rings is 1. The number of ketones is 1. The Morgan fingerprint density at radius 1 is 1.13 bits per heavy atom. The van der Waals surface area contributed by atoms with Crippen LogP contribution in [0.3, 0.4) is 0 Å². The first-order valence-electron chi connectivity index (χ1n) is 9.95. The van der Waals surface area contributed by atoms with Crippen LogP contribution in [-0.4, -0.2) is 26.0 Å². The highest BCUT2D eigenvalue weighted by molar-refractivity contribution is 7.12. The fraction of sp³-hybridized carbons (Fsp3) is 0.333. The molecule has 1 aromatic carbocycles. The minimum Gasteiger partial charge on any atom is -0.497 e. The number of hydrogen-bond donors (Lipinski definition) is 1. The second-order valence-corrected chi connectivity index (χ2v) is 9.05. The number of rotatable bonds is 4. The highest BCUT2D eigenvalue weighted by Gasteiger charge is 2.41. The van der Waals surface area contributed by atoms with Crippen molar-refractivity contribution in [3.8, 4) is 5.75 Å². The van der Waals surface area contributed by atoms with Crippen LogP contribution in [0.5, 0.6) is 5.75 Å². The molecule has 0 saturated carbocycles. The molecular formula is C24H25NO4S. The third-order valence-corrected chi connectivity index (χ3v) is 6.91. The van der Waals surface area contributed by atoms with Gasteiger partial charge in [0.1, 0.15) is 5.75 Å². The first-order valence-corrected chi connectivity index (χ1v) is 10.8. The number of Topliss-reactive ketones (excluding diaryl/α,β-unsaturated/α-hetero) is 1. The van der Waals surface area contributed by atoms with Gasteiger partial charge in [-0.15, -0.1) is 11.3 Å². The zero-order valence-corrected chi connectivity index (χ0v) is 18.4. The van der Waals surface area contributed by atoms with Crippen LogP contribution in [-0.2, 0) is 14.3 Å². The first-order chi connectivity index (χ1) is 14.4. The molecule has 4 rings (SSSR count). The number of thiophene rings is 1. The van der Waals surface area contributed by atoms with Gasteiger partial charge in [0, 0.05) is 33.1 Å². The summed E-state index contributed by atoms with van der Waals surface area (Å²) in [7, 11) is 3.02. The van der Waals surface area contributed by atoms with E-state index in [1.54, 1.807) is 18.4 Å². The summed E-state index contributed by atoms with van der Waals surface area (Å²) < 4.78 is 10.4. The highest BCUT2D eigenvalue weighted by atomic mass is 32.1. The standard InChI is InChI=1S/C24H25NO4S/c1-13-8-9-20(30-13)23-21(24(27)29-4)14(2)25-18-11-16(12-19(26)22(18)23)15-6-5-7-17(10-15)28-3/h5-10,16,23,25H,11-12H2,1-4H3/t16-,23-/m1/s1.